The molecule has 1 aromatic heterocycles. The van der Waals surface area contributed by atoms with Crippen molar-refractivity contribution in [3.8, 4) is 0 Å². The number of halogens is 1. The summed E-state index contributed by atoms with van der Waals surface area (Å²) >= 11 is 0. The number of likely N-dealkylation sites (tertiary alicyclic amines) is 1. The number of hydrogen-bond donors (Lipinski definition) is 2. The molecule has 1 aliphatic rings. The summed E-state index contributed by atoms with van der Waals surface area (Å²) in [6, 6.07) is 8.69. The van der Waals surface area contributed by atoms with Crippen LogP contribution < -0.4 is 10.6 Å². The van der Waals surface area contributed by atoms with Crippen molar-refractivity contribution in [1.29, 1.82) is 0 Å². The smallest absolute Gasteiger partial charge is 0.191 e. The van der Waals surface area contributed by atoms with E-state index in [2.05, 4.69) is 35.4 Å². The number of methoxy groups -OCH3 is 1. The van der Waals surface area contributed by atoms with Gasteiger partial charge in [0.1, 0.15) is 17.9 Å². The van der Waals surface area contributed by atoms with Crippen molar-refractivity contribution in [1.82, 2.24) is 15.5 Å². The zero-order valence-corrected chi connectivity index (χ0v) is 19.5. The molecule has 1 saturated heterocycles. The Hall–Kier alpha value is -1.32. The summed E-state index contributed by atoms with van der Waals surface area (Å²) < 4.78 is 11.2. The van der Waals surface area contributed by atoms with Crippen molar-refractivity contribution in [2.75, 3.05) is 39.9 Å². The molecule has 0 spiro atoms. The molecule has 1 fully saturated rings. The number of hydrogen-bond acceptors (Lipinski definition) is 4. The van der Waals surface area contributed by atoms with Gasteiger partial charge < -0.3 is 19.8 Å². The number of aryl methyl sites for hydroxylation is 1. The fourth-order valence-corrected chi connectivity index (χ4v) is 3.71. The molecule has 0 amide bonds. The normalized spacial score (nSPS) is 17.7. The standard InChI is InChI=1S/C21H32N4O2.HI/c1-4-22-21(23-14-17-8-7-11-25(17)12-13-26-3)24-15-20-16(2)18-9-5-6-10-19(18)27-20;/h5-6,9-10,17H,4,7-8,11-15H2,1-3H3,(H2,22,23,24);1H. The monoisotopic (exact) mass is 500 g/mol. The van der Waals surface area contributed by atoms with E-state index in [4.69, 9.17) is 14.1 Å². The van der Waals surface area contributed by atoms with Gasteiger partial charge in [0.15, 0.2) is 5.96 Å². The largest absolute Gasteiger partial charge is 0.459 e. The van der Waals surface area contributed by atoms with Crippen LogP contribution in [-0.2, 0) is 11.3 Å². The molecule has 28 heavy (non-hydrogen) atoms. The van der Waals surface area contributed by atoms with E-state index in [0.29, 0.717) is 12.6 Å². The molecule has 7 heteroatoms. The number of benzene rings is 1. The predicted molar refractivity (Wildman–Crippen MR) is 126 cm³/mol. The maximum atomic E-state index is 5.98. The van der Waals surface area contributed by atoms with Gasteiger partial charge in [0.05, 0.1) is 6.61 Å². The number of fused-ring (bicyclic) bond motifs is 1. The molecule has 156 valence electrons. The van der Waals surface area contributed by atoms with E-state index in [9.17, 15) is 0 Å². The second-order valence-electron chi connectivity index (χ2n) is 7.05. The summed E-state index contributed by atoms with van der Waals surface area (Å²) in [5, 5.41) is 8.02. The highest BCUT2D eigenvalue weighted by atomic mass is 127. The second kappa shape index (κ2) is 11.6. The topological polar surface area (TPSA) is 62.0 Å². The summed E-state index contributed by atoms with van der Waals surface area (Å²) in [6.07, 6.45) is 2.47. The van der Waals surface area contributed by atoms with E-state index in [1.54, 1.807) is 7.11 Å². The first kappa shape index (κ1) is 23.0. The third-order valence-electron chi connectivity index (χ3n) is 5.25. The van der Waals surface area contributed by atoms with Crippen LogP contribution in [0.5, 0.6) is 0 Å². The predicted octanol–water partition coefficient (Wildman–Crippen LogP) is 3.53. The molecule has 2 heterocycles. The molecule has 1 unspecified atom stereocenters. The number of nitrogens with one attached hydrogen (secondary N) is 2. The van der Waals surface area contributed by atoms with Gasteiger partial charge in [-0.2, -0.15) is 0 Å². The Balaban J connectivity index is 0.00000280. The summed E-state index contributed by atoms with van der Waals surface area (Å²) in [4.78, 5) is 7.25. The Bertz CT molecular complexity index is 762. The molecule has 0 saturated carbocycles. The molecule has 1 aliphatic heterocycles. The van der Waals surface area contributed by atoms with Crippen LogP contribution in [0.4, 0.5) is 0 Å². The zero-order chi connectivity index (χ0) is 19.1. The van der Waals surface area contributed by atoms with Gasteiger partial charge in [-0.05, 0) is 39.3 Å². The number of nitrogens with zero attached hydrogens (tertiary/aromatic N) is 2. The van der Waals surface area contributed by atoms with Crippen molar-refractivity contribution >= 4 is 40.9 Å². The maximum absolute atomic E-state index is 5.98. The molecule has 3 rings (SSSR count). The van der Waals surface area contributed by atoms with Gasteiger partial charge in [0.25, 0.3) is 0 Å². The van der Waals surface area contributed by atoms with Crippen LogP contribution in [-0.4, -0.2) is 56.8 Å². The SMILES string of the molecule is CCNC(=NCc1oc2ccccc2c1C)NCC1CCCN1CCOC.I. The molecule has 2 N–H and O–H groups in total. The third kappa shape index (κ3) is 5.84. The molecular formula is C21H33IN4O2. The lowest BCUT2D eigenvalue weighted by molar-refractivity contribution is 0.141. The average molecular weight is 500 g/mol. The highest BCUT2D eigenvalue weighted by Crippen LogP contribution is 2.25. The number of aliphatic imine (C=N–C) groups is 1. The van der Waals surface area contributed by atoms with E-state index >= 15 is 0 Å². The molecule has 0 bridgehead atoms. The third-order valence-corrected chi connectivity index (χ3v) is 5.25. The van der Waals surface area contributed by atoms with E-state index in [-0.39, 0.29) is 24.0 Å². The summed E-state index contributed by atoms with van der Waals surface area (Å²) in [5.74, 6) is 1.77. The fraction of sp³-hybridized carbons (Fsp3) is 0.571. The molecule has 0 radical (unpaired) electrons. The lowest BCUT2D eigenvalue weighted by Crippen LogP contribution is -2.45. The first-order valence-corrected chi connectivity index (χ1v) is 9.95. The van der Waals surface area contributed by atoms with E-state index in [1.807, 2.05) is 18.2 Å². The number of rotatable bonds is 8. The van der Waals surface area contributed by atoms with E-state index in [1.165, 1.54) is 23.8 Å². The zero-order valence-electron chi connectivity index (χ0n) is 17.2. The minimum Gasteiger partial charge on any atom is -0.459 e. The van der Waals surface area contributed by atoms with Gasteiger partial charge in [-0.15, -0.1) is 24.0 Å². The highest BCUT2D eigenvalue weighted by Gasteiger charge is 2.24. The van der Waals surface area contributed by atoms with Gasteiger partial charge in [-0.3, -0.25) is 4.90 Å². The van der Waals surface area contributed by atoms with Gasteiger partial charge >= 0.3 is 0 Å². The summed E-state index contributed by atoms with van der Waals surface area (Å²) in [7, 11) is 1.76. The first-order chi connectivity index (χ1) is 13.2. The van der Waals surface area contributed by atoms with E-state index in [0.717, 1.165) is 50.1 Å². The average Bonchev–Trinajstić information content (AvgIpc) is 3.27. The van der Waals surface area contributed by atoms with Gasteiger partial charge in [-0.1, -0.05) is 18.2 Å². The van der Waals surface area contributed by atoms with Crippen LogP contribution in [0.15, 0.2) is 33.7 Å². The lowest BCUT2D eigenvalue weighted by Gasteiger charge is -2.25. The van der Waals surface area contributed by atoms with Crippen LogP contribution in [0, 0.1) is 6.92 Å². The Morgan fingerprint density at radius 1 is 1.32 bits per heavy atom. The number of furan rings is 1. The number of guanidine groups is 1. The van der Waals surface area contributed by atoms with Crippen LogP contribution in [0.2, 0.25) is 0 Å². The van der Waals surface area contributed by atoms with Crippen LogP contribution in [0.1, 0.15) is 31.1 Å². The maximum Gasteiger partial charge on any atom is 0.191 e. The van der Waals surface area contributed by atoms with Crippen molar-refractivity contribution in [3.05, 3.63) is 35.6 Å². The van der Waals surface area contributed by atoms with Crippen LogP contribution in [0.25, 0.3) is 11.0 Å². The minimum absolute atomic E-state index is 0. The van der Waals surface area contributed by atoms with Crippen LogP contribution in [0.3, 0.4) is 0 Å². The Morgan fingerprint density at radius 3 is 2.89 bits per heavy atom. The van der Waals surface area contributed by atoms with Crippen molar-refractivity contribution in [3.63, 3.8) is 0 Å². The number of para-hydroxylation sites is 1. The Kier molecular flexibility index (Phi) is 9.53. The Labute approximate surface area is 185 Å². The summed E-state index contributed by atoms with van der Waals surface area (Å²) in [5.41, 5.74) is 2.10. The van der Waals surface area contributed by atoms with Crippen molar-refractivity contribution in [2.24, 2.45) is 4.99 Å². The van der Waals surface area contributed by atoms with Gasteiger partial charge in [0, 0.05) is 43.7 Å². The second-order valence-corrected chi connectivity index (χ2v) is 7.05. The fourth-order valence-electron chi connectivity index (χ4n) is 3.71. The van der Waals surface area contributed by atoms with Crippen molar-refractivity contribution in [2.45, 2.75) is 39.3 Å². The Morgan fingerprint density at radius 2 is 2.14 bits per heavy atom. The molecule has 0 aliphatic carbocycles. The quantitative estimate of drug-likeness (QED) is 0.330. The van der Waals surface area contributed by atoms with Crippen LogP contribution >= 0.6 is 24.0 Å². The minimum atomic E-state index is 0. The van der Waals surface area contributed by atoms with Gasteiger partial charge in [0.2, 0.25) is 0 Å². The molecule has 1 atom stereocenters. The lowest BCUT2D eigenvalue weighted by atomic mass is 10.1. The van der Waals surface area contributed by atoms with Crippen molar-refractivity contribution < 1.29 is 9.15 Å². The summed E-state index contributed by atoms with van der Waals surface area (Å²) in [6.45, 7) is 9.39. The highest BCUT2D eigenvalue weighted by molar-refractivity contribution is 14.0. The van der Waals surface area contributed by atoms with Gasteiger partial charge in [-0.25, -0.2) is 4.99 Å². The first-order valence-electron chi connectivity index (χ1n) is 9.95. The molecule has 1 aromatic carbocycles. The number of ether oxygens (including phenoxy) is 1. The van der Waals surface area contributed by atoms with E-state index < -0.39 is 0 Å². The molecule has 6 nitrogen and oxygen atoms in total. The molecular weight excluding hydrogens is 467 g/mol. The molecule has 2 aromatic rings.